The summed E-state index contributed by atoms with van der Waals surface area (Å²) < 4.78 is 0. The summed E-state index contributed by atoms with van der Waals surface area (Å²) in [6.45, 7) is 1.53. The molecule has 0 bridgehead atoms. The van der Waals surface area contributed by atoms with Gasteiger partial charge in [-0.05, 0) is 56.2 Å². The Morgan fingerprint density at radius 1 is 0.962 bits per heavy atom. The van der Waals surface area contributed by atoms with E-state index in [4.69, 9.17) is 0 Å². The van der Waals surface area contributed by atoms with Gasteiger partial charge in [-0.2, -0.15) is 0 Å². The lowest BCUT2D eigenvalue weighted by molar-refractivity contribution is 0.101. The normalized spacial score (nSPS) is 19.6. The van der Waals surface area contributed by atoms with Crippen LogP contribution in [0.5, 0.6) is 0 Å². The van der Waals surface area contributed by atoms with Crippen molar-refractivity contribution in [1.29, 1.82) is 0 Å². The number of hydrogen-bond acceptors (Lipinski definition) is 2. The molecule has 1 aliphatic carbocycles. The number of ketones is 1. The molecule has 1 saturated carbocycles. The highest BCUT2D eigenvalue weighted by Gasteiger charge is 2.27. The van der Waals surface area contributed by atoms with E-state index >= 15 is 0 Å². The van der Waals surface area contributed by atoms with E-state index in [0.29, 0.717) is 17.2 Å². The topological polar surface area (TPSA) is 49.4 Å². The summed E-state index contributed by atoms with van der Waals surface area (Å²) in [7, 11) is 1.86. The van der Waals surface area contributed by atoms with Crippen LogP contribution in [0, 0.1) is 0 Å². The van der Waals surface area contributed by atoms with Gasteiger partial charge in [0.05, 0.1) is 0 Å². The molecule has 0 aliphatic heterocycles. The standard InChI is InChI=1S/C22H26N2O2/c1-16(25)19-9-6-10-20(15-19)23-22(26)24(2)21-13-11-18(12-14-21)17-7-4-3-5-8-17/h3-10,15,18,21H,11-14H2,1-2H3,(H,23,26). The van der Waals surface area contributed by atoms with Crippen LogP contribution in [0.2, 0.25) is 0 Å². The van der Waals surface area contributed by atoms with E-state index in [1.165, 1.54) is 12.5 Å². The molecule has 1 N–H and O–H groups in total. The predicted octanol–water partition coefficient (Wildman–Crippen LogP) is 5.08. The Labute approximate surface area is 155 Å². The van der Waals surface area contributed by atoms with Gasteiger partial charge in [0, 0.05) is 24.3 Å². The van der Waals surface area contributed by atoms with Crippen molar-refractivity contribution in [1.82, 2.24) is 4.90 Å². The van der Waals surface area contributed by atoms with Crippen LogP contribution in [0.1, 0.15) is 54.4 Å². The molecule has 0 aromatic heterocycles. The number of hydrogen-bond donors (Lipinski definition) is 1. The summed E-state index contributed by atoms with van der Waals surface area (Å²) in [4.78, 5) is 25.9. The molecule has 4 nitrogen and oxygen atoms in total. The second-order valence-electron chi connectivity index (χ2n) is 7.09. The fourth-order valence-electron chi connectivity index (χ4n) is 3.72. The molecule has 0 saturated heterocycles. The van der Waals surface area contributed by atoms with E-state index < -0.39 is 0 Å². The third-order valence-corrected chi connectivity index (χ3v) is 5.36. The maximum Gasteiger partial charge on any atom is 0.321 e. The molecule has 2 aromatic carbocycles. The molecule has 0 radical (unpaired) electrons. The minimum atomic E-state index is -0.117. The molecular formula is C22H26N2O2. The Bertz CT molecular complexity index is 765. The number of Topliss-reactive ketones (excluding diaryl/α,β-unsaturated/α-hetero) is 1. The number of nitrogens with one attached hydrogen (secondary N) is 1. The van der Waals surface area contributed by atoms with Crippen LogP contribution >= 0.6 is 0 Å². The van der Waals surface area contributed by atoms with Crippen LogP contribution in [0.3, 0.4) is 0 Å². The van der Waals surface area contributed by atoms with Gasteiger partial charge in [-0.25, -0.2) is 4.79 Å². The summed E-state index contributed by atoms with van der Waals surface area (Å²) >= 11 is 0. The fourth-order valence-corrected chi connectivity index (χ4v) is 3.72. The van der Waals surface area contributed by atoms with Crippen LogP contribution in [0.4, 0.5) is 10.5 Å². The number of nitrogens with zero attached hydrogens (tertiary/aromatic N) is 1. The summed E-state index contributed by atoms with van der Waals surface area (Å²) in [6.07, 6.45) is 4.23. The molecule has 1 fully saturated rings. The second-order valence-corrected chi connectivity index (χ2v) is 7.09. The molecule has 26 heavy (non-hydrogen) atoms. The van der Waals surface area contributed by atoms with Crippen LogP contribution in [-0.2, 0) is 0 Å². The van der Waals surface area contributed by atoms with Crippen molar-refractivity contribution in [3.63, 3.8) is 0 Å². The number of rotatable bonds is 4. The molecule has 2 amide bonds. The van der Waals surface area contributed by atoms with E-state index in [2.05, 4.69) is 29.6 Å². The maximum atomic E-state index is 12.6. The van der Waals surface area contributed by atoms with Crippen molar-refractivity contribution in [3.8, 4) is 0 Å². The van der Waals surface area contributed by atoms with Crippen molar-refractivity contribution in [2.45, 2.75) is 44.6 Å². The van der Waals surface area contributed by atoms with E-state index in [0.717, 1.165) is 25.7 Å². The summed E-state index contributed by atoms with van der Waals surface area (Å²) in [5, 5.41) is 2.91. The van der Waals surface area contributed by atoms with Gasteiger partial charge in [-0.3, -0.25) is 4.79 Å². The molecule has 2 aromatic rings. The van der Waals surface area contributed by atoms with Crippen molar-refractivity contribution in [3.05, 3.63) is 65.7 Å². The minimum absolute atomic E-state index is 0.00584. The second kappa shape index (κ2) is 8.17. The lowest BCUT2D eigenvalue weighted by Gasteiger charge is -2.35. The van der Waals surface area contributed by atoms with Gasteiger partial charge in [0.1, 0.15) is 0 Å². The van der Waals surface area contributed by atoms with E-state index in [1.807, 2.05) is 24.1 Å². The number of carbonyl (C=O) groups excluding carboxylic acids is 2. The Kier molecular flexibility index (Phi) is 5.71. The Hall–Kier alpha value is -2.62. The van der Waals surface area contributed by atoms with E-state index in [-0.39, 0.29) is 17.9 Å². The smallest absolute Gasteiger partial charge is 0.321 e. The third-order valence-electron chi connectivity index (χ3n) is 5.36. The van der Waals surface area contributed by atoms with Crippen LogP contribution in [0.15, 0.2) is 54.6 Å². The zero-order chi connectivity index (χ0) is 18.5. The highest BCUT2D eigenvalue weighted by atomic mass is 16.2. The van der Waals surface area contributed by atoms with Gasteiger partial charge < -0.3 is 10.2 Å². The van der Waals surface area contributed by atoms with Gasteiger partial charge in [0.2, 0.25) is 0 Å². The van der Waals surface area contributed by atoms with Crippen LogP contribution < -0.4 is 5.32 Å². The van der Waals surface area contributed by atoms with E-state index in [1.54, 1.807) is 18.2 Å². The Morgan fingerprint density at radius 3 is 2.31 bits per heavy atom. The monoisotopic (exact) mass is 350 g/mol. The average molecular weight is 350 g/mol. The highest BCUT2D eigenvalue weighted by Crippen LogP contribution is 2.34. The predicted molar refractivity (Wildman–Crippen MR) is 105 cm³/mol. The van der Waals surface area contributed by atoms with Gasteiger partial charge in [0.25, 0.3) is 0 Å². The number of amides is 2. The molecule has 3 rings (SSSR count). The quantitative estimate of drug-likeness (QED) is 0.782. The first-order valence-corrected chi connectivity index (χ1v) is 9.24. The molecule has 136 valence electrons. The summed E-state index contributed by atoms with van der Waals surface area (Å²) in [6, 6.07) is 17.8. The van der Waals surface area contributed by atoms with Crippen molar-refractivity contribution in [2.75, 3.05) is 12.4 Å². The van der Waals surface area contributed by atoms with Crippen molar-refractivity contribution < 1.29 is 9.59 Å². The lowest BCUT2D eigenvalue weighted by atomic mass is 9.81. The SMILES string of the molecule is CC(=O)c1cccc(NC(=O)N(C)C2CCC(c3ccccc3)CC2)c1. The maximum absolute atomic E-state index is 12.6. The van der Waals surface area contributed by atoms with Crippen LogP contribution in [-0.4, -0.2) is 29.8 Å². The number of urea groups is 1. The summed E-state index contributed by atoms with van der Waals surface area (Å²) in [5.41, 5.74) is 2.67. The molecule has 0 atom stereocenters. The Balaban J connectivity index is 1.56. The minimum Gasteiger partial charge on any atom is -0.325 e. The fraction of sp³-hybridized carbons (Fsp3) is 0.364. The number of benzene rings is 2. The zero-order valence-corrected chi connectivity index (χ0v) is 15.4. The van der Waals surface area contributed by atoms with Gasteiger partial charge in [0.15, 0.2) is 5.78 Å². The molecule has 4 heteroatoms. The average Bonchev–Trinajstić information content (AvgIpc) is 2.68. The van der Waals surface area contributed by atoms with Crippen molar-refractivity contribution in [2.24, 2.45) is 0 Å². The zero-order valence-electron chi connectivity index (χ0n) is 15.4. The molecule has 0 heterocycles. The largest absolute Gasteiger partial charge is 0.325 e. The van der Waals surface area contributed by atoms with Crippen LogP contribution in [0.25, 0.3) is 0 Å². The van der Waals surface area contributed by atoms with Gasteiger partial charge in [-0.15, -0.1) is 0 Å². The highest BCUT2D eigenvalue weighted by molar-refractivity contribution is 5.96. The first kappa shape index (κ1) is 18.2. The first-order valence-electron chi connectivity index (χ1n) is 9.24. The molecular weight excluding hydrogens is 324 g/mol. The Morgan fingerprint density at radius 2 is 1.65 bits per heavy atom. The third kappa shape index (κ3) is 4.31. The lowest BCUT2D eigenvalue weighted by Crippen LogP contribution is -2.41. The van der Waals surface area contributed by atoms with Crippen molar-refractivity contribution >= 4 is 17.5 Å². The molecule has 1 aliphatic rings. The number of anilines is 1. The van der Waals surface area contributed by atoms with E-state index in [9.17, 15) is 9.59 Å². The molecule has 0 spiro atoms. The first-order chi connectivity index (χ1) is 12.5. The number of carbonyl (C=O) groups is 2. The van der Waals surface area contributed by atoms with Gasteiger partial charge in [-0.1, -0.05) is 42.5 Å². The molecule has 0 unspecified atom stereocenters. The summed E-state index contributed by atoms with van der Waals surface area (Å²) in [5.74, 6) is 0.588. The van der Waals surface area contributed by atoms with Gasteiger partial charge >= 0.3 is 6.03 Å².